The van der Waals surface area contributed by atoms with Crippen LogP contribution in [0.2, 0.25) is 5.15 Å². The maximum Gasteiger partial charge on any atom is 0.131 e. The number of aromatic nitrogens is 1. The highest BCUT2D eigenvalue weighted by Crippen LogP contribution is 2.40. The molecule has 0 aliphatic carbocycles. The fraction of sp³-hybridized carbons (Fsp3) is 0.353. The molecule has 0 aliphatic rings. The maximum absolute atomic E-state index is 6.36. The Morgan fingerprint density at radius 1 is 1.43 bits per heavy atom. The quantitative estimate of drug-likeness (QED) is 0.627. The van der Waals surface area contributed by atoms with E-state index >= 15 is 0 Å². The zero-order valence-electron chi connectivity index (χ0n) is 13.4. The minimum Gasteiger partial charge on any atom is -0.467 e. The summed E-state index contributed by atoms with van der Waals surface area (Å²) in [5, 5.41) is 3.87. The van der Waals surface area contributed by atoms with E-state index in [1.807, 2.05) is 18.2 Å². The van der Waals surface area contributed by atoms with Gasteiger partial charge in [-0.15, -0.1) is 11.3 Å². The molecule has 0 saturated heterocycles. The lowest BCUT2D eigenvalue weighted by molar-refractivity contribution is 0.518. The van der Waals surface area contributed by atoms with Crippen LogP contribution in [0.15, 0.2) is 28.9 Å². The van der Waals surface area contributed by atoms with Crippen molar-refractivity contribution in [1.29, 1.82) is 0 Å². The molecule has 0 bridgehead atoms. The van der Waals surface area contributed by atoms with Gasteiger partial charge in [-0.05, 0) is 30.5 Å². The molecule has 1 atom stereocenters. The van der Waals surface area contributed by atoms with E-state index in [4.69, 9.17) is 21.8 Å². The Bertz CT molecular complexity index is 811. The molecule has 4 nitrogen and oxygen atoms in total. The Morgan fingerprint density at radius 2 is 2.22 bits per heavy atom. The van der Waals surface area contributed by atoms with Gasteiger partial charge in [0.2, 0.25) is 0 Å². The lowest BCUT2D eigenvalue weighted by Gasteiger charge is -2.14. The minimum absolute atomic E-state index is 0.00546. The fourth-order valence-corrected chi connectivity index (χ4v) is 4.12. The molecule has 3 rings (SSSR count). The third kappa shape index (κ3) is 3.22. The van der Waals surface area contributed by atoms with Crippen molar-refractivity contribution in [3.05, 3.63) is 45.8 Å². The van der Waals surface area contributed by atoms with Gasteiger partial charge in [-0.1, -0.05) is 25.4 Å². The predicted octanol–water partition coefficient (Wildman–Crippen LogP) is 5.12. The Hall–Kier alpha value is -1.56. The van der Waals surface area contributed by atoms with E-state index < -0.39 is 0 Å². The summed E-state index contributed by atoms with van der Waals surface area (Å²) in [6.45, 7) is 6.93. The van der Waals surface area contributed by atoms with Crippen LogP contribution in [0.5, 0.6) is 0 Å². The minimum atomic E-state index is 0.00546. The molecule has 0 unspecified atom stereocenters. The molecule has 0 radical (unpaired) electrons. The van der Waals surface area contributed by atoms with Gasteiger partial charge in [0.25, 0.3) is 0 Å². The average Bonchev–Trinajstić information content (AvgIpc) is 3.13. The van der Waals surface area contributed by atoms with Gasteiger partial charge >= 0.3 is 0 Å². The Labute approximate surface area is 144 Å². The second-order valence-corrected chi connectivity index (χ2v) is 7.40. The molecule has 122 valence electrons. The maximum atomic E-state index is 6.36. The number of pyridine rings is 1. The predicted molar refractivity (Wildman–Crippen MR) is 97.2 cm³/mol. The van der Waals surface area contributed by atoms with E-state index in [9.17, 15) is 0 Å². The lowest BCUT2D eigenvalue weighted by Crippen LogP contribution is -2.16. The van der Waals surface area contributed by atoms with Gasteiger partial charge < -0.3 is 15.5 Å². The molecular formula is C17H20ClN3OS. The zero-order chi connectivity index (χ0) is 16.6. The summed E-state index contributed by atoms with van der Waals surface area (Å²) in [5.74, 6) is 1.25. The molecule has 0 amide bonds. The Balaban J connectivity index is 2.02. The van der Waals surface area contributed by atoms with Crippen molar-refractivity contribution >= 4 is 38.8 Å². The number of aryl methyl sites for hydroxylation is 1. The van der Waals surface area contributed by atoms with Crippen LogP contribution in [0, 0.1) is 12.8 Å². The molecule has 0 spiro atoms. The summed E-state index contributed by atoms with van der Waals surface area (Å²) in [5.41, 5.74) is 9.37. The Morgan fingerprint density at radius 3 is 2.87 bits per heavy atom. The van der Waals surface area contributed by atoms with Crippen molar-refractivity contribution in [2.24, 2.45) is 11.7 Å². The van der Waals surface area contributed by atoms with Gasteiger partial charge in [0.05, 0.1) is 28.7 Å². The summed E-state index contributed by atoms with van der Waals surface area (Å²) in [6, 6.07) is 5.67. The van der Waals surface area contributed by atoms with Gasteiger partial charge in [-0.25, -0.2) is 4.98 Å². The number of furan rings is 1. The molecule has 23 heavy (non-hydrogen) atoms. The molecule has 0 saturated carbocycles. The Kier molecular flexibility index (Phi) is 4.62. The highest BCUT2D eigenvalue weighted by atomic mass is 35.5. The van der Waals surface area contributed by atoms with Crippen molar-refractivity contribution in [2.75, 3.05) is 5.32 Å². The van der Waals surface area contributed by atoms with Crippen molar-refractivity contribution < 1.29 is 4.42 Å². The normalized spacial score (nSPS) is 13.0. The van der Waals surface area contributed by atoms with Gasteiger partial charge in [-0.2, -0.15) is 0 Å². The second-order valence-electron chi connectivity index (χ2n) is 5.96. The number of fused-ring (bicyclic) bond motifs is 1. The molecule has 0 aliphatic heterocycles. The average molecular weight is 350 g/mol. The van der Waals surface area contributed by atoms with Crippen LogP contribution in [0.3, 0.4) is 0 Å². The number of anilines is 1. The van der Waals surface area contributed by atoms with Crippen LogP contribution in [-0.4, -0.2) is 4.98 Å². The van der Waals surface area contributed by atoms with Crippen molar-refractivity contribution in [3.63, 3.8) is 0 Å². The van der Waals surface area contributed by atoms with E-state index in [-0.39, 0.29) is 6.04 Å². The number of rotatable bonds is 5. The SMILES string of the molecule is Cc1c([C@H](N)C(C)C)sc2c(NCc3ccco3)cc(Cl)nc12. The fourth-order valence-electron chi connectivity index (χ4n) is 2.51. The summed E-state index contributed by atoms with van der Waals surface area (Å²) >= 11 is 7.90. The third-order valence-electron chi connectivity index (χ3n) is 3.93. The highest BCUT2D eigenvalue weighted by molar-refractivity contribution is 7.20. The van der Waals surface area contributed by atoms with Gasteiger partial charge in [0.15, 0.2) is 0 Å². The second kappa shape index (κ2) is 6.51. The van der Waals surface area contributed by atoms with Crippen LogP contribution in [0.25, 0.3) is 10.2 Å². The number of hydrogen-bond acceptors (Lipinski definition) is 5. The molecule has 3 aromatic rings. The van der Waals surface area contributed by atoms with Crippen LogP contribution >= 0.6 is 22.9 Å². The van der Waals surface area contributed by atoms with Gasteiger partial charge in [0, 0.05) is 17.0 Å². The monoisotopic (exact) mass is 349 g/mol. The molecule has 6 heteroatoms. The smallest absolute Gasteiger partial charge is 0.131 e. The molecule has 0 aromatic carbocycles. The number of halogens is 1. The van der Waals surface area contributed by atoms with Gasteiger partial charge in [-0.3, -0.25) is 0 Å². The van der Waals surface area contributed by atoms with E-state index in [1.165, 1.54) is 4.88 Å². The first-order chi connectivity index (χ1) is 11.0. The van der Waals surface area contributed by atoms with Crippen molar-refractivity contribution in [1.82, 2.24) is 4.98 Å². The summed E-state index contributed by atoms with van der Waals surface area (Å²) < 4.78 is 6.46. The van der Waals surface area contributed by atoms with E-state index in [0.717, 1.165) is 27.2 Å². The molecular weight excluding hydrogens is 330 g/mol. The molecule has 3 N–H and O–H groups in total. The number of nitrogens with two attached hydrogens (primary N) is 1. The molecule has 3 aromatic heterocycles. The number of hydrogen-bond donors (Lipinski definition) is 2. The van der Waals surface area contributed by atoms with E-state index in [0.29, 0.717) is 17.6 Å². The van der Waals surface area contributed by atoms with Gasteiger partial charge in [0.1, 0.15) is 10.9 Å². The lowest BCUT2D eigenvalue weighted by atomic mass is 10.0. The largest absolute Gasteiger partial charge is 0.467 e. The summed E-state index contributed by atoms with van der Waals surface area (Å²) in [7, 11) is 0. The van der Waals surface area contributed by atoms with E-state index in [2.05, 4.69) is 31.1 Å². The van der Waals surface area contributed by atoms with Crippen LogP contribution in [-0.2, 0) is 6.54 Å². The topological polar surface area (TPSA) is 64.1 Å². The molecule has 3 heterocycles. The summed E-state index contributed by atoms with van der Waals surface area (Å²) in [6.07, 6.45) is 1.67. The number of nitrogens with one attached hydrogen (secondary N) is 1. The number of thiophene rings is 1. The zero-order valence-corrected chi connectivity index (χ0v) is 15.0. The number of nitrogens with zero attached hydrogens (tertiary/aromatic N) is 1. The highest BCUT2D eigenvalue weighted by Gasteiger charge is 2.20. The third-order valence-corrected chi connectivity index (χ3v) is 5.54. The standard InChI is InChI=1S/C17H20ClN3OS/c1-9(2)14(19)16-10(3)15-17(23-16)12(7-13(18)21-15)20-8-11-5-4-6-22-11/h4-7,9,14H,8,19H2,1-3H3,(H,20,21)/t14-/m1/s1. The first-order valence-corrected chi connectivity index (χ1v) is 8.78. The van der Waals surface area contributed by atoms with Crippen LogP contribution < -0.4 is 11.1 Å². The van der Waals surface area contributed by atoms with E-state index in [1.54, 1.807) is 17.6 Å². The first-order valence-electron chi connectivity index (χ1n) is 7.58. The van der Waals surface area contributed by atoms with Crippen LogP contribution in [0.4, 0.5) is 5.69 Å². The van der Waals surface area contributed by atoms with Crippen molar-refractivity contribution in [3.8, 4) is 0 Å². The molecule has 0 fully saturated rings. The van der Waals surface area contributed by atoms with Crippen molar-refractivity contribution in [2.45, 2.75) is 33.4 Å². The van der Waals surface area contributed by atoms with Crippen LogP contribution in [0.1, 0.15) is 36.1 Å². The first kappa shape index (κ1) is 16.3. The summed E-state index contributed by atoms with van der Waals surface area (Å²) in [4.78, 5) is 5.67.